The van der Waals surface area contributed by atoms with Crippen molar-refractivity contribution in [3.05, 3.63) is 71.5 Å². The van der Waals surface area contributed by atoms with E-state index < -0.39 is 90.4 Å². The van der Waals surface area contributed by atoms with Crippen molar-refractivity contribution in [1.82, 2.24) is 5.06 Å². The number of unbranched alkanes of at least 4 members (excludes halogenated alkanes) is 2. The third kappa shape index (κ3) is 15.5. The molecule has 1 fully saturated rings. The summed E-state index contributed by atoms with van der Waals surface area (Å²) in [6.45, 7) is 3.98. The van der Waals surface area contributed by atoms with E-state index in [9.17, 15) is 66.3 Å². The monoisotopic (exact) mass is 1040 g/mol. The molecule has 0 aliphatic carbocycles. The molecule has 5 rings (SSSR count). The molecule has 20 nitrogen and oxygen atoms in total. The topological polar surface area (TPSA) is 308 Å². The molecular weight excluding hydrogens is 992 g/mol. The van der Waals surface area contributed by atoms with Crippen LogP contribution in [0, 0.1) is 0 Å². The van der Waals surface area contributed by atoms with Gasteiger partial charge in [-0.3, -0.25) is 9.59 Å². The zero-order valence-electron chi connectivity index (χ0n) is 38.2. The molecular formula is C40H48N3Na3O17S4. The molecule has 0 aromatic heterocycles. The first kappa shape index (κ1) is 61.7. The predicted octanol–water partition coefficient (Wildman–Crippen LogP) is -6.45. The van der Waals surface area contributed by atoms with Crippen molar-refractivity contribution in [2.24, 2.45) is 0 Å². The van der Waals surface area contributed by atoms with E-state index in [-0.39, 0.29) is 160 Å². The van der Waals surface area contributed by atoms with Gasteiger partial charge in [0.15, 0.2) is 5.71 Å². The predicted molar refractivity (Wildman–Crippen MR) is 223 cm³/mol. The molecule has 27 heteroatoms. The van der Waals surface area contributed by atoms with E-state index in [4.69, 9.17) is 9.57 Å². The van der Waals surface area contributed by atoms with Crippen molar-refractivity contribution in [1.29, 1.82) is 0 Å². The van der Waals surface area contributed by atoms with Gasteiger partial charge in [-0.05, 0) is 94.3 Å². The Morgan fingerprint density at radius 2 is 1.28 bits per heavy atom. The maximum atomic E-state index is 12.5. The molecule has 1 saturated heterocycles. The largest absolute Gasteiger partial charge is 1.00 e. The Hall–Kier alpha value is -1.40. The van der Waals surface area contributed by atoms with Gasteiger partial charge < -0.3 is 32.7 Å². The molecule has 67 heavy (non-hydrogen) atoms. The van der Waals surface area contributed by atoms with Crippen molar-refractivity contribution in [2.75, 3.05) is 43.2 Å². The second kappa shape index (κ2) is 24.8. The second-order valence-electron chi connectivity index (χ2n) is 16.1. The number of anilines is 1. The number of hydrogen-bond acceptors (Lipinski definition) is 18. The second-order valence-corrected chi connectivity index (χ2v) is 21.9. The van der Waals surface area contributed by atoms with Crippen molar-refractivity contribution < 1.29 is 169 Å². The normalized spacial score (nSPS) is 20.2. The molecule has 3 aliphatic rings. The molecule has 2 amide bonds. The number of carbonyl (C=O) groups excluding carboxylic acids is 3. The van der Waals surface area contributed by atoms with E-state index in [1.807, 2.05) is 4.58 Å². The van der Waals surface area contributed by atoms with E-state index in [0.29, 0.717) is 51.8 Å². The molecule has 2 aromatic carbocycles. The average Bonchev–Trinajstić information content (AvgIpc) is 3.71. The first-order chi connectivity index (χ1) is 29.7. The number of rotatable bonds is 22. The Kier molecular flexibility index (Phi) is 22.9. The van der Waals surface area contributed by atoms with Gasteiger partial charge in [-0.2, -0.15) is 4.58 Å². The summed E-state index contributed by atoms with van der Waals surface area (Å²) >= 11 is 0. The van der Waals surface area contributed by atoms with Gasteiger partial charge in [-0.1, -0.05) is 6.08 Å². The molecule has 2 aromatic rings. The Labute approximate surface area is 457 Å². The Morgan fingerprint density at radius 3 is 1.82 bits per heavy atom. The molecule has 0 N–H and O–H groups in total. The maximum Gasteiger partial charge on any atom is 1.00 e. The average molecular weight is 1040 g/mol. The fraction of sp³-hybridized carbons (Fsp3) is 0.500. The number of ether oxygens (including phenoxy) is 1. The quantitative estimate of drug-likeness (QED) is 0.0348. The number of nitrogens with zero attached hydrogens (tertiary/aromatic N) is 3. The number of imide groups is 1. The summed E-state index contributed by atoms with van der Waals surface area (Å²) in [6.07, 6.45) is 5.45. The molecule has 0 radical (unpaired) electrons. The number of allylic oxidation sites excluding steroid dienone is 4. The van der Waals surface area contributed by atoms with Crippen LogP contribution in [0.4, 0.5) is 11.4 Å². The summed E-state index contributed by atoms with van der Waals surface area (Å²) in [5, 5.41) is 0.455. The zero-order valence-corrected chi connectivity index (χ0v) is 47.5. The van der Waals surface area contributed by atoms with E-state index in [1.165, 1.54) is 31.4 Å². The van der Waals surface area contributed by atoms with Crippen molar-refractivity contribution >= 4 is 75.3 Å². The van der Waals surface area contributed by atoms with Crippen molar-refractivity contribution in [2.45, 2.75) is 98.7 Å². The summed E-state index contributed by atoms with van der Waals surface area (Å²) in [5.41, 5.74) is 0.195. The number of benzene rings is 2. The van der Waals surface area contributed by atoms with Crippen molar-refractivity contribution in [3.8, 4) is 0 Å². The summed E-state index contributed by atoms with van der Waals surface area (Å²) < 4.78 is 151. The van der Waals surface area contributed by atoms with Gasteiger partial charge in [0.1, 0.15) is 26.8 Å². The van der Waals surface area contributed by atoms with E-state index in [1.54, 1.807) is 37.0 Å². The van der Waals surface area contributed by atoms with E-state index in [0.717, 1.165) is 12.1 Å². The summed E-state index contributed by atoms with van der Waals surface area (Å²) in [5.74, 6) is -3.52. The SMILES string of the molecule is COCCN1/C(=C/C=C/C2=[N+](CCCCCC(=O)ON3C(=O)CCC3=O)c3ccc(S(=O)(=O)[O-])cc3C2(C)CCCS(=O)(=O)[O-])C(C)(CCCS(=O)(=O)[O-])c2cc(S(=O)(=O)[O-])ccc21.[Na+].[Na+].[Na+]. The van der Waals surface area contributed by atoms with Gasteiger partial charge in [0, 0.05) is 85.3 Å². The molecule has 0 saturated carbocycles. The minimum Gasteiger partial charge on any atom is -0.748 e. The Morgan fingerprint density at radius 1 is 0.746 bits per heavy atom. The summed E-state index contributed by atoms with van der Waals surface area (Å²) in [4.78, 5) is 41.9. The van der Waals surface area contributed by atoms with Gasteiger partial charge in [0.2, 0.25) is 5.69 Å². The van der Waals surface area contributed by atoms with Crippen LogP contribution in [0.15, 0.2) is 70.1 Å². The first-order valence-electron chi connectivity index (χ1n) is 20.1. The molecule has 2 unspecified atom stereocenters. The van der Waals surface area contributed by atoms with Gasteiger partial charge >= 0.3 is 94.6 Å². The van der Waals surface area contributed by atoms with Crippen LogP contribution < -0.4 is 93.6 Å². The summed E-state index contributed by atoms with van der Waals surface area (Å²) in [7, 11) is -17.8. The van der Waals surface area contributed by atoms with Gasteiger partial charge in [-0.25, -0.2) is 38.5 Å². The molecule has 3 heterocycles. The van der Waals surface area contributed by atoms with Crippen LogP contribution in [0.5, 0.6) is 0 Å². The standard InChI is InChI=1S/C40H51N3O17S4.3Na/c1-39(19-8-24-61(47,48)49)30-26-28(63(53,54)55)13-15-32(30)41(21-6-4-5-12-38(46)60-43-36(44)17-18-37(43)45)34(39)10-7-11-35-40(2,20-9-25-62(50,51)52)31-27-29(64(56,57)58)14-16-33(31)42(35)22-23-59-3;;;/h7,10-11,13-16,26-27H,4-6,8-9,12,17-25H2,1-3H3,(H3-,47,48,49,50,51,52,53,54,55,56,57,58);;;/q;3*+1/p-3. The smallest absolute Gasteiger partial charge is 0.748 e. The van der Waals surface area contributed by atoms with E-state index in [2.05, 4.69) is 0 Å². The number of fused-ring (bicyclic) bond motifs is 2. The Balaban J connectivity index is 0.00000514. The third-order valence-corrected chi connectivity index (χ3v) is 14.9. The van der Waals surface area contributed by atoms with Crippen LogP contribution in [0.2, 0.25) is 0 Å². The third-order valence-electron chi connectivity index (χ3n) is 11.6. The van der Waals surface area contributed by atoms with Crippen LogP contribution >= 0.6 is 0 Å². The number of amides is 2. The fourth-order valence-corrected chi connectivity index (χ4v) is 10.5. The van der Waals surface area contributed by atoms with Crippen LogP contribution in [0.1, 0.15) is 89.2 Å². The fourth-order valence-electron chi connectivity index (χ4n) is 8.52. The van der Waals surface area contributed by atoms with Crippen LogP contribution in [0.3, 0.4) is 0 Å². The minimum atomic E-state index is -4.98. The van der Waals surface area contributed by atoms with Crippen LogP contribution in [-0.2, 0) is 75.3 Å². The van der Waals surface area contributed by atoms with E-state index >= 15 is 0 Å². The van der Waals surface area contributed by atoms with Crippen LogP contribution in [-0.4, -0.2) is 123 Å². The molecule has 2 atom stereocenters. The minimum absolute atomic E-state index is 0. The van der Waals surface area contributed by atoms with Crippen molar-refractivity contribution in [3.63, 3.8) is 0 Å². The number of hydrogen-bond donors (Lipinski definition) is 0. The number of hydroxylamine groups is 2. The van der Waals surface area contributed by atoms with Gasteiger partial charge in [0.25, 0.3) is 11.8 Å². The van der Waals surface area contributed by atoms with Crippen LogP contribution in [0.25, 0.3) is 0 Å². The number of carbonyl (C=O) groups is 3. The molecule has 0 bridgehead atoms. The van der Waals surface area contributed by atoms with Gasteiger partial charge in [-0.15, -0.1) is 5.06 Å². The molecule has 3 aliphatic heterocycles. The molecule has 352 valence electrons. The van der Waals surface area contributed by atoms with Gasteiger partial charge in [0.05, 0.1) is 42.0 Å². The Bertz CT molecular complexity index is 2730. The first-order valence-corrected chi connectivity index (χ1v) is 26.1. The zero-order chi connectivity index (χ0) is 47.5. The summed E-state index contributed by atoms with van der Waals surface area (Å²) in [6, 6.07) is 7.58. The molecule has 0 spiro atoms. The number of methoxy groups -OCH3 is 1. The maximum absolute atomic E-state index is 12.5.